The summed E-state index contributed by atoms with van der Waals surface area (Å²) in [4.78, 5) is 12.6. The molecule has 3 rings (SSSR count). The number of methoxy groups -OCH3 is 1. The van der Waals surface area contributed by atoms with Gasteiger partial charge < -0.3 is 9.84 Å². The lowest BCUT2D eigenvalue weighted by molar-refractivity contribution is -0.134. The Hall–Kier alpha value is -0.0000000000000000555. The van der Waals surface area contributed by atoms with Crippen LogP contribution in [0.5, 0.6) is 0 Å². The fourth-order valence-corrected chi connectivity index (χ4v) is 7.30. The van der Waals surface area contributed by atoms with Crippen molar-refractivity contribution >= 4 is 21.7 Å². The maximum absolute atomic E-state index is 16.3. The van der Waals surface area contributed by atoms with Gasteiger partial charge >= 0.3 is 0 Å². The highest BCUT2D eigenvalue weighted by Crippen LogP contribution is 2.57. The Kier molecular flexibility index (Phi) is 6.99. The van der Waals surface area contributed by atoms with E-state index in [-0.39, 0.29) is 23.2 Å². The maximum Gasteiger partial charge on any atom is 0.147 e. The van der Waals surface area contributed by atoms with Crippen molar-refractivity contribution < 1.29 is 19.0 Å². The Morgan fingerprint density at radius 3 is 2.54 bits per heavy atom. The van der Waals surface area contributed by atoms with Gasteiger partial charge in [-0.05, 0) is 81.0 Å². The standard InChI is InChI=1S/C23H38BrFO3/c1-16-9-10-21(2)17(7-8-19(21)20(26)14-24)5-4-6-18-13-22(27,15-28-3)11-12-23(16,18)25/h16-19,27H,4-15H2,1-3H3/t16?,17?,18-,19-,21+,22-,23+/m1/s1. The number of hydrogen-bond acceptors (Lipinski definition) is 3. The molecule has 0 heterocycles. The van der Waals surface area contributed by atoms with E-state index in [1.165, 1.54) is 0 Å². The van der Waals surface area contributed by atoms with Crippen LogP contribution >= 0.6 is 15.9 Å². The number of halogens is 2. The third-order valence-corrected chi connectivity index (χ3v) is 9.34. The van der Waals surface area contributed by atoms with Crippen LogP contribution in [-0.4, -0.2) is 41.2 Å². The molecule has 0 aliphatic heterocycles. The zero-order valence-electron chi connectivity index (χ0n) is 17.8. The smallest absolute Gasteiger partial charge is 0.147 e. The van der Waals surface area contributed by atoms with Gasteiger partial charge in [0.2, 0.25) is 0 Å². The van der Waals surface area contributed by atoms with Gasteiger partial charge in [0.1, 0.15) is 11.5 Å². The molecule has 3 aliphatic carbocycles. The maximum atomic E-state index is 16.3. The predicted octanol–water partition coefficient (Wildman–Crippen LogP) is 5.47. The van der Waals surface area contributed by atoms with Crippen molar-refractivity contribution in [1.29, 1.82) is 0 Å². The largest absolute Gasteiger partial charge is 0.387 e. The number of carbonyl (C=O) groups is 1. The van der Waals surface area contributed by atoms with Crippen LogP contribution in [0, 0.1) is 29.1 Å². The molecule has 0 spiro atoms. The van der Waals surface area contributed by atoms with Crippen molar-refractivity contribution in [1.82, 2.24) is 0 Å². The van der Waals surface area contributed by atoms with Gasteiger partial charge in [0.15, 0.2) is 0 Å². The Morgan fingerprint density at radius 1 is 1.14 bits per heavy atom. The Labute approximate surface area is 178 Å². The third kappa shape index (κ3) is 4.09. The summed E-state index contributed by atoms with van der Waals surface area (Å²) in [6.45, 7) is 4.65. The van der Waals surface area contributed by atoms with Crippen molar-refractivity contribution in [2.45, 2.75) is 89.3 Å². The number of carbonyl (C=O) groups excluding carboxylic acids is 1. The van der Waals surface area contributed by atoms with E-state index in [4.69, 9.17) is 4.74 Å². The Bertz CT molecular complexity index is 572. The molecular formula is C23H38BrFO3. The van der Waals surface area contributed by atoms with Crippen LogP contribution in [-0.2, 0) is 9.53 Å². The number of Topliss-reactive ketones (excluding diaryl/α,β-unsaturated/α-hetero) is 1. The van der Waals surface area contributed by atoms with Crippen molar-refractivity contribution in [2.24, 2.45) is 29.1 Å². The number of ether oxygens (including phenoxy) is 1. The number of ketones is 1. The molecule has 0 radical (unpaired) electrons. The zero-order valence-corrected chi connectivity index (χ0v) is 19.4. The molecular weight excluding hydrogens is 423 g/mol. The summed E-state index contributed by atoms with van der Waals surface area (Å²) in [6, 6.07) is 0. The molecule has 7 atom stereocenters. The molecule has 28 heavy (non-hydrogen) atoms. The molecule has 0 aromatic heterocycles. The van der Waals surface area contributed by atoms with Crippen molar-refractivity contribution in [3.05, 3.63) is 0 Å². The third-order valence-electron chi connectivity index (χ3n) is 8.78. The molecule has 0 saturated heterocycles. The summed E-state index contributed by atoms with van der Waals surface area (Å²) in [5, 5.41) is 11.3. The fourth-order valence-electron chi connectivity index (χ4n) is 6.91. The lowest BCUT2D eigenvalue weighted by Crippen LogP contribution is -2.52. The second-order valence-electron chi connectivity index (χ2n) is 10.3. The van der Waals surface area contributed by atoms with Crippen LogP contribution in [0.3, 0.4) is 0 Å². The van der Waals surface area contributed by atoms with Crippen LogP contribution < -0.4 is 0 Å². The van der Waals surface area contributed by atoms with E-state index in [2.05, 4.69) is 29.8 Å². The van der Waals surface area contributed by atoms with Gasteiger partial charge in [-0.15, -0.1) is 0 Å². The van der Waals surface area contributed by atoms with Gasteiger partial charge in [0.25, 0.3) is 0 Å². The van der Waals surface area contributed by atoms with Gasteiger partial charge in [0, 0.05) is 13.0 Å². The summed E-state index contributed by atoms with van der Waals surface area (Å²) >= 11 is 3.37. The van der Waals surface area contributed by atoms with Gasteiger partial charge in [0.05, 0.1) is 17.5 Å². The monoisotopic (exact) mass is 460 g/mol. The van der Waals surface area contributed by atoms with Gasteiger partial charge in [-0.25, -0.2) is 4.39 Å². The second-order valence-corrected chi connectivity index (χ2v) is 10.8. The van der Waals surface area contributed by atoms with E-state index in [0.29, 0.717) is 42.9 Å². The van der Waals surface area contributed by atoms with E-state index in [9.17, 15) is 9.90 Å². The minimum atomic E-state index is -1.21. The lowest BCUT2D eigenvalue weighted by Gasteiger charge is -2.49. The predicted molar refractivity (Wildman–Crippen MR) is 113 cm³/mol. The minimum Gasteiger partial charge on any atom is -0.387 e. The summed E-state index contributed by atoms with van der Waals surface area (Å²) < 4.78 is 21.5. The first-order chi connectivity index (χ1) is 13.2. The van der Waals surface area contributed by atoms with Gasteiger partial charge in [-0.1, -0.05) is 36.2 Å². The van der Waals surface area contributed by atoms with E-state index < -0.39 is 11.3 Å². The summed E-state index contributed by atoms with van der Waals surface area (Å²) in [7, 11) is 1.61. The number of fused-ring (bicyclic) bond motifs is 2. The molecule has 3 aliphatic rings. The molecule has 162 valence electrons. The average molecular weight is 461 g/mol. The average Bonchev–Trinajstić information content (AvgIpc) is 2.98. The van der Waals surface area contributed by atoms with Gasteiger partial charge in [-0.2, -0.15) is 0 Å². The first-order valence-corrected chi connectivity index (χ1v) is 12.3. The number of rotatable bonds is 4. The van der Waals surface area contributed by atoms with Crippen LogP contribution in [0.15, 0.2) is 0 Å². The van der Waals surface area contributed by atoms with E-state index >= 15 is 4.39 Å². The molecule has 2 unspecified atom stereocenters. The Morgan fingerprint density at radius 2 is 1.86 bits per heavy atom. The van der Waals surface area contributed by atoms with Crippen LogP contribution in [0.2, 0.25) is 0 Å². The van der Waals surface area contributed by atoms with E-state index in [0.717, 1.165) is 44.9 Å². The molecule has 0 amide bonds. The van der Waals surface area contributed by atoms with Crippen molar-refractivity contribution in [2.75, 3.05) is 19.0 Å². The van der Waals surface area contributed by atoms with Crippen LogP contribution in [0.25, 0.3) is 0 Å². The topological polar surface area (TPSA) is 46.5 Å². The molecule has 0 bridgehead atoms. The van der Waals surface area contributed by atoms with Crippen LogP contribution in [0.1, 0.15) is 78.1 Å². The normalized spacial score (nSPS) is 47.2. The van der Waals surface area contributed by atoms with Crippen molar-refractivity contribution in [3.63, 3.8) is 0 Å². The summed E-state index contributed by atoms with van der Waals surface area (Å²) in [6.07, 6.45) is 8.16. The molecule has 0 aromatic rings. The molecule has 0 aromatic carbocycles. The SMILES string of the molecule is COC[C@@]1(O)CC[C@]2(F)C(C)CC[C@@]3(C)C(CCC[C@@H]2C1)CC[C@@H]3C(=O)CBr. The highest BCUT2D eigenvalue weighted by atomic mass is 79.9. The minimum absolute atomic E-state index is 0.00770. The molecule has 3 nitrogen and oxygen atoms in total. The van der Waals surface area contributed by atoms with E-state index in [1.54, 1.807) is 7.11 Å². The first kappa shape index (κ1) is 22.7. The lowest BCUT2D eigenvalue weighted by atomic mass is 9.60. The first-order valence-electron chi connectivity index (χ1n) is 11.2. The summed E-state index contributed by atoms with van der Waals surface area (Å²) in [5.41, 5.74) is -2.08. The fraction of sp³-hybridized carbons (Fsp3) is 0.957. The van der Waals surface area contributed by atoms with E-state index in [1.807, 2.05) is 0 Å². The highest BCUT2D eigenvalue weighted by molar-refractivity contribution is 9.09. The quantitative estimate of drug-likeness (QED) is 0.565. The zero-order chi connectivity index (χ0) is 20.6. The number of aliphatic hydroxyl groups is 1. The number of hydrogen-bond donors (Lipinski definition) is 1. The van der Waals surface area contributed by atoms with Crippen LogP contribution in [0.4, 0.5) is 4.39 Å². The van der Waals surface area contributed by atoms with Gasteiger partial charge in [-0.3, -0.25) is 4.79 Å². The molecule has 3 saturated carbocycles. The molecule has 1 N–H and O–H groups in total. The molecule has 3 fully saturated rings. The summed E-state index contributed by atoms with van der Waals surface area (Å²) in [5.74, 6) is 0.863. The molecule has 5 heteroatoms. The van der Waals surface area contributed by atoms with Crippen molar-refractivity contribution in [3.8, 4) is 0 Å². The number of alkyl halides is 2. The Balaban J connectivity index is 1.80. The second kappa shape index (κ2) is 8.63. The highest BCUT2D eigenvalue weighted by Gasteiger charge is 2.54.